The lowest BCUT2D eigenvalue weighted by Crippen LogP contribution is -2.33. The number of benzene rings is 2. The minimum Gasteiger partial charge on any atom is -0.359 e. The molecule has 34 heavy (non-hydrogen) atoms. The number of carbonyl (C=O) groups excluding carboxylic acids is 1. The molecule has 1 heterocycles. The van der Waals surface area contributed by atoms with Crippen molar-refractivity contribution in [2.75, 3.05) is 23.6 Å². The fourth-order valence-corrected chi connectivity index (χ4v) is 5.32. The van der Waals surface area contributed by atoms with Crippen molar-refractivity contribution in [2.24, 2.45) is 5.92 Å². The molecule has 0 fully saturated rings. The average molecular weight is 500 g/mol. The van der Waals surface area contributed by atoms with Gasteiger partial charge in [0.2, 0.25) is 11.9 Å². The second-order valence-corrected chi connectivity index (χ2v) is 10.2. The highest BCUT2D eigenvalue weighted by Gasteiger charge is 2.29. The highest BCUT2D eigenvalue weighted by molar-refractivity contribution is 7.92. The smallest absolute Gasteiger partial charge is 0.263 e. The Morgan fingerprint density at radius 1 is 1.12 bits per heavy atom. The summed E-state index contributed by atoms with van der Waals surface area (Å²) in [5.41, 5.74) is 2.54. The predicted molar refractivity (Wildman–Crippen MR) is 133 cm³/mol. The lowest BCUT2D eigenvalue weighted by molar-refractivity contribution is -0.124. The Morgan fingerprint density at radius 2 is 1.91 bits per heavy atom. The minimum atomic E-state index is -3.95. The molecule has 3 aromatic rings. The molecule has 4 rings (SSSR count). The zero-order valence-electron chi connectivity index (χ0n) is 18.7. The number of halogens is 1. The van der Waals surface area contributed by atoms with Gasteiger partial charge in [-0.05, 0) is 49.4 Å². The van der Waals surface area contributed by atoms with E-state index in [0.29, 0.717) is 42.3 Å². The number of sulfonamides is 1. The molecule has 0 radical (unpaired) electrons. The average Bonchev–Trinajstić information content (AvgIpc) is 2.84. The molecule has 0 saturated heterocycles. The van der Waals surface area contributed by atoms with Gasteiger partial charge in [0.05, 0.1) is 10.6 Å². The molecule has 3 N–H and O–H groups in total. The van der Waals surface area contributed by atoms with Crippen molar-refractivity contribution in [3.05, 3.63) is 76.4 Å². The number of aryl methyl sites for hydroxylation is 1. The van der Waals surface area contributed by atoms with E-state index in [9.17, 15) is 13.2 Å². The summed E-state index contributed by atoms with van der Waals surface area (Å²) in [6, 6.07) is 16.0. The second kappa shape index (κ2) is 10.4. The monoisotopic (exact) mass is 499 g/mol. The summed E-state index contributed by atoms with van der Waals surface area (Å²) < 4.78 is 28.8. The zero-order chi connectivity index (χ0) is 24.1. The van der Waals surface area contributed by atoms with Crippen LogP contribution >= 0.6 is 11.6 Å². The van der Waals surface area contributed by atoms with Crippen LogP contribution in [0.5, 0.6) is 0 Å². The zero-order valence-corrected chi connectivity index (χ0v) is 20.3. The molecule has 1 atom stereocenters. The number of amides is 1. The molecule has 0 saturated carbocycles. The number of rotatable bonds is 8. The summed E-state index contributed by atoms with van der Waals surface area (Å²) in [6.07, 6.45) is 2.30. The van der Waals surface area contributed by atoms with Gasteiger partial charge >= 0.3 is 0 Å². The number of carbonyl (C=O) groups is 1. The number of nitrogens with zero attached hydrogens (tertiary/aromatic N) is 2. The molecule has 10 heteroatoms. The van der Waals surface area contributed by atoms with Gasteiger partial charge in [-0.1, -0.05) is 48.0 Å². The molecule has 0 aliphatic heterocycles. The third-order valence-electron chi connectivity index (χ3n) is 5.77. The number of anilines is 2. The van der Waals surface area contributed by atoms with Gasteiger partial charge in [0, 0.05) is 30.1 Å². The molecule has 1 aromatic heterocycles. The van der Waals surface area contributed by atoms with Crippen LogP contribution in [0, 0.1) is 5.92 Å². The molecule has 0 spiro atoms. The number of hydrogen-bond acceptors (Lipinski definition) is 6. The molecule has 8 nitrogen and oxygen atoms in total. The van der Waals surface area contributed by atoms with Crippen LogP contribution in [-0.4, -0.2) is 37.9 Å². The normalized spacial score (nSPS) is 15.3. The number of nitrogens with one attached hydrogen (secondary N) is 3. The van der Waals surface area contributed by atoms with Crippen LogP contribution in [0.1, 0.15) is 23.2 Å². The largest absolute Gasteiger partial charge is 0.359 e. The van der Waals surface area contributed by atoms with Crippen LogP contribution in [0.3, 0.4) is 0 Å². The third kappa shape index (κ3) is 5.66. The summed E-state index contributed by atoms with van der Waals surface area (Å²) in [4.78, 5) is 21.4. The molecular weight excluding hydrogens is 474 g/mol. The van der Waals surface area contributed by atoms with Crippen LogP contribution < -0.4 is 15.4 Å². The summed E-state index contributed by atoms with van der Waals surface area (Å²) in [5, 5.41) is 6.20. The van der Waals surface area contributed by atoms with Gasteiger partial charge in [-0.2, -0.15) is 4.98 Å². The van der Waals surface area contributed by atoms with Gasteiger partial charge in [-0.15, -0.1) is 0 Å². The fraction of sp³-hybridized carbons (Fsp3) is 0.292. The Labute approximate surface area is 204 Å². The molecule has 0 bridgehead atoms. The Hall–Kier alpha value is -3.17. The molecule has 1 aliphatic carbocycles. The predicted octanol–water partition coefficient (Wildman–Crippen LogP) is 3.44. The lowest BCUT2D eigenvalue weighted by Gasteiger charge is -2.25. The summed E-state index contributed by atoms with van der Waals surface area (Å²) in [7, 11) is -2.35. The van der Waals surface area contributed by atoms with E-state index in [4.69, 9.17) is 11.6 Å². The van der Waals surface area contributed by atoms with Crippen molar-refractivity contribution in [3.63, 3.8) is 0 Å². The Kier molecular flexibility index (Phi) is 7.33. The highest BCUT2D eigenvalue weighted by atomic mass is 35.5. The SMILES string of the molecule is CNC(=O)C1CCc2nc(NCCc3ccccc3)nc(NS(=O)(=O)c3cccc(Cl)c3)c2C1. The Morgan fingerprint density at radius 3 is 2.65 bits per heavy atom. The molecule has 1 amide bonds. The third-order valence-corrected chi connectivity index (χ3v) is 7.34. The van der Waals surface area contributed by atoms with Crippen molar-refractivity contribution >= 4 is 39.3 Å². The molecule has 178 valence electrons. The quantitative estimate of drug-likeness (QED) is 0.437. The summed E-state index contributed by atoms with van der Waals surface area (Å²) in [5.74, 6) is 0.171. The first kappa shape index (κ1) is 24.0. The first-order valence-electron chi connectivity index (χ1n) is 11.0. The van der Waals surface area contributed by atoms with Gasteiger partial charge in [0.1, 0.15) is 5.82 Å². The van der Waals surface area contributed by atoms with Crippen LogP contribution in [0.25, 0.3) is 0 Å². The Balaban J connectivity index is 1.63. The standard InChI is InChI=1S/C24H26ClN5O3S/c1-26-23(31)17-10-11-21-20(14-17)22(30-34(32,33)19-9-5-8-18(25)15-19)29-24(28-21)27-13-12-16-6-3-2-4-7-16/h2-9,15,17H,10-14H2,1H3,(H,26,31)(H2,27,28,29,30). The van der Waals surface area contributed by atoms with Crippen LogP contribution in [0.4, 0.5) is 11.8 Å². The molecule has 1 unspecified atom stereocenters. The first-order chi connectivity index (χ1) is 16.4. The van der Waals surface area contributed by atoms with Crippen molar-refractivity contribution < 1.29 is 13.2 Å². The van der Waals surface area contributed by atoms with Crippen molar-refractivity contribution in [2.45, 2.75) is 30.6 Å². The maximum atomic E-state index is 13.1. The van der Waals surface area contributed by atoms with E-state index >= 15 is 0 Å². The lowest BCUT2D eigenvalue weighted by atomic mass is 9.86. The van der Waals surface area contributed by atoms with E-state index in [1.807, 2.05) is 30.3 Å². The van der Waals surface area contributed by atoms with Crippen molar-refractivity contribution in [1.82, 2.24) is 15.3 Å². The molecule has 1 aliphatic rings. The van der Waals surface area contributed by atoms with Gasteiger partial charge < -0.3 is 10.6 Å². The van der Waals surface area contributed by atoms with Gasteiger partial charge in [-0.3, -0.25) is 9.52 Å². The van der Waals surface area contributed by atoms with E-state index in [1.165, 1.54) is 17.7 Å². The minimum absolute atomic E-state index is 0.0320. The van der Waals surface area contributed by atoms with Gasteiger partial charge in [0.25, 0.3) is 10.0 Å². The second-order valence-electron chi connectivity index (χ2n) is 8.10. The first-order valence-corrected chi connectivity index (χ1v) is 12.9. The van der Waals surface area contributed by atoms with Crippen LogP contribution in [0.2, 0.25) is 5.02 Å². The summed E-state index contributed by atoms with van der Waals surface area (Å²) >= 11 is 6.00. The van der Waals surface area contributed by atoms with Crippen molar-refractivity contribution in [3.8, 4) is 0 Å². The van der Waals surface area contributed by atoms with Crippen LogP contribution in [0.15, 0.2) is 59.5 Å². The van der Waals surface area contributed by atoms with Gasteiger partial charge in [-0.25, -0.2) is 13.4 Å². The van der Waals surface area contributed by atoms with Crippen LogP contribution in [-0.2, 0) is 34.1 Å². The van der Waals surface area contributed by atoms with E-state index in [0.717, 1.165) is 12.1 Å². The van der Waals surface area contributed by atoms with Gasteiger partial charge in [0.15, 0.2) is 0 Å². The Bertz CT molecular complexity index is 1290. The van der Waals surface area contributed by atoms with E-state index in [-0.39, 0.29) is 22.5 Å². The summed E-state index contributed by atoms with van der Waals surface area (Å²) in [6.45, 7) is 0.587. The molecular formula is C24H26ClN5O3S. The van der Waals surface area contributed by atoms with E-state index < -0.39 is 10.0 Å². The maximum absolute atomic E-state index is 13.1. The number of fused-ring (bicyclic) bond motifs is 1. The number of hydrogen-bond donors (Lipinski definition) is 3. The van der Waals surface area contributed by atoms with E-state index in [1.54, 1.807) is 19.2 Å². The highest BCUT2D eigenvalue weighted by Crippen LogP contribution is 2.31. The number of aromatic nitrogens is 2. The topological polar surface area (TPSA) is 113 Å². The molecule has 2 aromatic carbocycles. The van der Waals surface area contributed by atoms with Crippen molar-refractivity contribution in [1.29, 1.82) is 0 Å². The fourth-order valence-electron chi connectivity index (χ4n) is 3.99. The van der Waals surface area contributed by atoms with E-state index in [2.05, 4.69) is 25.3 Å². The maximum Gasteiger partial charge on any atom is 0.263 e.